The normalized spacial score (nSPS) is 22.8. The lowest BCUT2D eigenvalue weighted by molar-refractivity contribution is 0.660. The van der Waals surface area contributed by atoms with Gasteiger partial charge in [0.25, 0.3) is 0 Å². The summed E-state index contributed by atoms with van der Waals surface area (Å²) in [7, 11) is 0. The first-order valence-corrected chi connectivity index (χ1v) is 18.4. The van der Waals surface area contributed by atoms with E-state index in [9.17, 15) is 23.3 Å². The van der Waals surface area contributed by atoms with E-state index in [1.54, 1.807) is 0 Å². The Hall–Kier alpha value is -7.94. The Morgan fingerprint density at radius 3 is 1.71 bits per heavy atom. The number of benzene rings is 10. The molecular formula is C61H44N2. The molecule has 1 aliphatic carbocycles. The van der Waals surface area contributed by atoms with E-state index in [4.69, 9.17) is 35.6 Å². The molecule has 0 saturated carbocycles. The first-order chi connectivity index (χ1) is 48.9. The fourth-order valence-corrected chi connectivity index (χ4v) is 7.30. The van der Waals surface area contributed by atoms with E-state index < -0.39 is 354 Å². The van der Waals surface area contributed by atoms with Gasteiger partial charge < -0.3 is 9.47 Å². The van der Waals surface area contributed by atoms with E-state index in [1.807, 2.05) is 0 Å². The highest BCUT2D eigenvalue weighted by atomic mass is 15.1. The van der Waals surface area contributed by atoms with Crippen molar-refractivity contribution in [2.45, 2.75) is 19.1 Å². The molecule has 0 bridgehead atoms. The number of fused-ring (bicyclic) bond motifs is 7. The van der Waals surface area contributed by atoms with Gasteiger partial charge in [-0.25, -0.2) is 0 Å². The molecule has 2 nitrogen and oxygen atoms in total. The number of rotatable bonds is 7. The van der Waals surface area contributed by atoms with Crippen LogP contribution in [0, 0.1) is 0 Å². The molecule has 298 valence electrons. The summed E-state index contributed by atoms with van der Waals surface area (Å²) in [6.07, 6.45) is 0. The van der Waals surface area contributed by atoms with Crippen LogP contribution in [0.5, 0.6) is 0 Å². The van der Waals surface area contributed by atoms with Crippen molar-refractivity contribution in [3.63, 3.8) is 0 Å². The number of aromatic nitrogens is 1. The number of hydrogen-bond acceptors (Lipinski definition) is 1. The SMILES string of the molecule is [2H]c1c(N(c2c([2H])c([2H])c(-c3c([2H])c([2H])c([2H])c([2H])c3-c3c([2H])c([2H])c([2H])c([2H])c3[2H])c([2H])c2[2H])c2c([2H])c([2H])c(-c3c([2H])c([2H])c4c(c3[2H])c3c([2H])c([2H])c([2H])c([2H])c3n4-c3c([2H])c([2H])c([2H])c4c([2H])c([2H])c([2H])c([2H])c34)c([2H])c2[2H])cc2c(c1[2H])-c1c([2H])c([2H])c([2H])c([2H])c1C2(C([2H])([2H])[2H])C([2H])([2H])[2H]. The molecule has 0 unspecified atom stereocenters. The maximum absolute atomic E-state index is 10.0. The Balaban J connectivity index is 1.26. The maximum Gasteiger partial charge on any atom is 0.0645 e. The second-order valence-corrected chi connectivity index (χ2v) is 13.6. The zero-order valence-corrected chi connectivity index (χ0v) is 31.5. The van der Waals surface area contributed by atoms with E-state index in [2.05, 4.69) is 0 Å². The summed E-state index contributed by atoms with van der Waals surface area (Å²) in [6.45, 7) is -8.05. The van der Waals surface area contributed by atoms with Crippen molar-refractivity contribution >= 4 is 49.6 Å². The Morgan fingerprint density at radius 2 is 0.952 bits per heavy atom. The zero-order valence-electron chi connectivity index (χ0n) is 74.5. The fourth-order valence-electron chi connectivity index (χ4n) is 7.30. The van der Waals surface area contributed by atoms with Gasteiger partial charge in [-0.05, 0) is 121 Å². The van der Waals surface area contributed by atoms with E-state index in [1.165, 1.54) is 0 Å². The molecular weight excluding hydrogens is 761 g/mol. The molecule has 12 rings (SSSR count). The smallest absolute Gasteiger partial charge is 0.0645 e. The molecule has 10 aromatic carbocycles. The van der Waals surface area contributed by atoms with Crippen molar-refractivity contribution in [3.05, 3.63) is 241 Å². The fraction of sp³-hybridized carbons (Fsp3) is 0.0492. The average molecular weight is 848 g/mol. The molecule has 2 heteroatoms. The lowest BCUT2D eigenvalue weighted by Crippen LogP contribution is -2.16. The van der Waals surface area contributed by atoms with Crippen LogP contribution in [0.2, 0.25) is 0 Å². The van der Waals surface area contributed by atoms with Crippen LogP contribution in [0.3, 0.4) is 0 Å². The number of para-hydroxylation sites is 1. The van der Waals surface area contributed by atoms with Crippen LogP contribution in [0.4, 0.5) is 17.1 Å². The highest BCUT2D eigenvalue weighted by Crippen LogP contribution is 2.51. The lowest BCUT2D eigenvalue weighted by Gasteiger charge is -2.28. The van der Waals surface area contributed by atoms with Crippen LogP contribution in [0.1, 0.15) is 83.8 Å². The topological polar surface area (TPSA) is 8.17 Å². The average Bonchev–Trinajstić information content (AvgIpc) is 1.50. The molecule has 0 spiro atoms. The molecule has 0 amide bonds. The monoisotopic (exact) mass is 848 g/mol. The van der Waals surface area contributed by atoms with Crippen molar-refractivity contribution in [3.8, 4) is 50.2 Å². The molecule has 0 saturated heterocycles. The summed E-state index contributed by atoms with van der Waals surface area (Å²) in [4.78, 5) is 0.181. The minimum Gasteiger partial charge on any atom is -0.310 e. The number of anilines is 3. The standard InChI is InChI=1S/C61H44N2/c1-61(2)56-24-12-10-22-52(56)53-37-36-48(40-57(53)61)62(47-34-29-44(30-35-47)50-20-9-8-19-49(50)42-15-4-3-5-16-42)46-32-27-41(28-33-46)45-31-38-60-55(39-45)54-23-11-13-25-59(54)63(60)58-26-14-18-43-17-6-7-21-51(43)58/h3-40H,1-2H3/i1D3,2D3,3D,4D,5D,6D,7D,8D,9D,10D,11D,12D,13D,14D,15D,16D,17D,18D,19D,20D,21D,22D,23D,24D,25D,26D,27D,28D,29D,30D,31D,32D,33D,34D,35D,36D,37D,38D,39D. The third-order valence-electron chi connectivity index (χ3n) is 10.1. The van der Waals surface area contributed by atoms with Crippen LogP contribution >= 0.6 is 0 Å². The van der Waals surface area contributed by atoms with Crippen LogP contribution in [-0.2, 0) is 5.41 Å². The van der Waals surface area contributed by atoms with Gasteiger partial charge in [0.15, 0.2) is 0 Å². The Labute approximate surface area is 429 Å². The summed E-state index contributed by atoms with van der Waals surface area (Å²) < 4.78 is 395. The maximum atomic E-state index is 10.0. The van der Waals surface area contributed by atoms with Gasteiger partial charge in [0, 0.05) is 46.9 Å². The molecule has 0 aliphatic heterocycles. The molecule has 0 radical (unpaired) electrons. The van der Waals surface area contributed by atoms with Gasteiger partial charge in [-0.1, -0.05) is 183 Å². The Bertz CT molecular complexity index is 5850. The molecule has 0 N–H and O–H groups in total. The second kappa shape index (κ2) is 14.6. The van der Waals surface area contributed by atoms with E-state index in [0.717, 1.165) is 0 Å². The summed E-state index contributed by atoms with van der Waals surface area (Å²) in [5.41, 5.74) is -20.8. The van der Waals surface area contributed by atoms with E-state index >= 15 is 0 Å². The van der Waals surface area contributed by atoms with Crippen molar-refractivity contribution in [2.24, 2.45) is 0 Å². The van der Waals surface area contributed by atoms with Gasteiger partial charge >= 0.3 is 0 Å². The van der Waals surface area contributed by atoms with E-state index in [0.29, 0.717) is 10.6 Å². The molecule has 11 aromatic rings. The van der Waals surface area contributed by atoms with Crippen LogP contribution in [0.25, 0.3) is 82.8 Å². The first-order valence-electron chi connectivity index (χ1n) is 39.9. The van der Waals surface area contributed by atoms with Gasteiger partial charge in [0.05, 0.1) is 67.4 Å². The summed E-state index contributed by atoms with van der Waals surface area (Å²) in [5.74, 6) is 0. The number of hydrogen-bond donors (Lipinski definition) is 0. The Morgan fingerprint density at radius 1 is 0.397 bits per heavy atom. The largest absolute Gasteiger partial charge is 0.310 e. The minimum atomic E-state index is -4.03. The highest BCUT2D eigenvalue weighted by Gasteiger charge is 2.35. The molecule has 1 aromatic heterocycles. The molecule has 0 fully saturated rings. The van der Waals surface area contributed by atoms with Crippen molar-refractivity contribution in [1.82, 2.24) is 4.57 Å². The van der Waals surface area contributed by atoms with Gasteiger partial charge in [-0.2, -0.15) is 0 Å². The molecule has 63 heavy (non-hydrogen) atoms. The number of nitrogens with zero attached hydrogens (tertiary/aromatic N) is 2. The quantitative estimate of drug-likeness (QED) is 0.155. The Kier molecular flexibility index (Phi) is 3.14. The molecule has 0 atom stereocenters. The van der Waals surface area contributed by atoms with Crippen LogP contribution in [0.15, 0.2) is 230 Å². The summed E-state index contributed by atoms with van der Waals surface area (Å²) in [6, 6.07) is -43.2. The predicted octanol–water partition coefficient (Wildman–Crippen LogP) is 16.7. The lowest BCUT2D eigenvalue weighted by atomic mass is 9.82. The second-order valence-electron chi connectivity index (χ2n) is 13.6. The molecule has 1 aliphatic rings. The van der Waals surface area contributed by atoms with Crippen molar-refractivity contribution in [1.29, 1.82) is 0 Å². The minimum absolute atomic E-state index is 0.181. The summed E-state index contributed by atoms with van der Waals surface area (Å²) in [5, 5.41) is -2.98. The highest BCUT2D eigenvalue weighted by molar-refractivity contribution is 6.11. The first kappa shape index (κ1) is 13.5. The predicted molar refractivity (Wildman–Crippen MR) is 267 cm³/mol. The molecule has 1 heterocycles. The van der Waals surface area contributed by atoms with Crippen molar-refractivity contribution in [2.75, 3.05) is 4.90 Å². The van der Waals surface area contributed by atoms with Gasteiger partial charge in [0.1, 0.15) is 0 Å². The van der Waals surface area contributed by atoms with Crippen LogP contribution < -0.4 is 4.90 Å². The van der Waals surface area contributed by atoms with Crippen molar-refractivity contribution < 1.29 is 58.9 Å². The van der Waals surface area contributed by atoms with Gasteiger partial charge in [-0.3, -0.25) is 0 Å². The van der Waals surface area contributed by atoms with E-state index in [-0.39, 0.29) is 4.90 Å². The third-order valence-corrected chi connectivity index (χ3v) is 10.1. The van der Waals surface area contributed by atoms with Gasteiger partial charge in [-0.15, -0.1) is 0 Å². The van der Waals surface area contributed by atoms with Crippen LogP contribution in [-0.4, -0.2) is 4.57 Å². The zero-order chi connectivity index (χ0) is 79.3. The summed E-state index contributed by atoms with van der Waals surface area (Å²) >= 11 is 0. The third kappa shape index (κ3) is 6.02. The van der Waals surface area contributed by atoms with Gasteiger partial charge in [0.2, 0.25) is 0 Å².